The van der Waals surface area contributed by atoms with E-state index in [9.17, 15) is 0 Å². The van der Waals surface area contributed by atoms with Gasteiger partial charge in [0, 0.05) is 55.3 Å². The molecule has 0 saturated heterocycles. The summed E-state index contributed by atoms with van der Waals surface area (Å²) in [5, 5.41) is 4.15. The fraction of sp³-hybridized carbons (Fsp3) is 0.368. The standard InChI is InChI=1S/C19H21N5O/c1-13(2)6-19-21-9-15-10-24(12-18(15)22-19)11-16-7-17(23-25-16)14-4-3-5-20-8-14/h3-5,7-9,13H,6,10-12H2,1-2H3. The van der Waals surface area contributed by atoms with Crippen molar-refractivity contribution in [1.29, 1.82) is 0 Å². The average molecular weight is 335 g/mol. The number of hydrogen-bond donors (Lipinski definition) is 0. The summed E-state index contributed by atoms with van der Waals surface area (Å²) < 4.78 is 5.50. The molecular formula is C19H21N5O. The topological polar surface area (TPSA) is 67.9 Å². The van der Waals surface area contributed by atoms with Gasteiger partial charge in [0.2, 0.25) is 0 Å². The SMILES string of the molecule is CC(C)Cc1ncc2c(n1)CN(Cc1cc(-c3cccnc3)no1)C2. The van der Waals surface area contributed by atoms with Gasteiger partial charge in [-0.15, -0.1) is 0 Å². The van der Waals surface area contributed by atoms with E-state index in [1.165, 1.54) is 5.56 Å². The zero-order valence-corrected chi connectivity index (χ0v) is 14.5. The lowest BCUT2D eigenvalue weighted by molar-refractivity contribution is 0.235. The molecule has 0 N–H and O–H groups in total. The Balaban J connectivity index is 1.44. The minimum atomic E-state index is 0.565. The summed E-state index contributed by atoms with van der Waals surface area (Å²) in [6.07, 6.45) is 6.44. The number of rotatable bonds is 5. The van der Waals surface area contributed by atoms with Gasteiger partial charge in [-0.1, -0.05) is 19.0 Å². The Morgan fingerprint density at radius 1 is 1.24 bits per heavy atom. The van der Waals surface area contributed by atoms with E-state index in [0.717, 1.165) is 48.0 Å². The quantitative estimate of drug-likeness (QED) is 0.713. The Labute approximate surface area is 146 Å². The van der Waals surface area contributed by atoms with Crippen molar-refractivity contribution in [3.8, 4) is 11.3 Å². The second-order valence-corrected chi connectivity index (χ2v) is 6.92. The largest absolute Gasteiger partial charge is 0.359 e. The zero-order valence-electron chi connectivity index (χ0n) is 14.5. The maximum atomic E-state index is 5.50. The number of hydrogen-bond acceptors (Lipinski definition) is 6. The molecule has 0 aromatic carbocycles. The lowest BCUT2D eigenvalue weighted by Gasteiger charge is -2.10. The molecule has 0 radical (unpaired) electrons. The maximum absolute atomic E-state index is 5.50. The van der Waals surface area contributed by atoms with E-state index in [1.54, 1.807) is 12.4 Å². The molecule has 1 aliphatic rings. The second-order valence-electron chi connectivity index (χ2n) is 6.92. The van der Waals surface area contributed by atoms with Crippen molar-refractivity contribution in [2.75, 3.05) is 0 Å². The summed E-state index contributed by atoms with van der Waals surface area (Å²) in [5.41, 5.74) is 4.13. The number of pyridine rings is 1. The van der Waals surface area contributed by atoms with Crippen molar-refractivity contribution in [3.63, 3.8) is 0 Å². The monoisotopic (exact) mass is 335 g/mol. The first-order chi connectivity index (χ1) is 12.2. The fourth-order valence-electron chi connectivity index (χ4n) is 3.09. The summed E-state index contributed by atoms with van der Waals surface area (Å²) >= 11 is 0. The van der Waals surface area contributed by atoms with E-state index in [0.29, 0.717) is 12.5 Å². The van der Waals surface area contributed by atoms with Gasteiger partial charge in [-0.25, -0.2) is 9.97 Å². The molecule has 0 aliphatic carbocycles. The van der Waals surface area contributed by atoms with Gasteiger partial charge in [0.05, 0.1) is 12.2 Å². The summed E-state index contributed by atoms with van der Waals surface area (Å²) in [7, 11) is 0. The van der Waals surface area contributed by atoms with Crippen LogP contribution in [0.3, 0.4) is 0 Å². The van der Waals surface area contributed by atoms with E-state index in [2.05, 4.69) is 33.9 Å². The van der Waals surface area contributed by atoms with E-state index in [4.69, 9.17) is 9.51 Å². The predicted octanol–water partition coefficient (Wildman–Crippen LogP) is 3.24. The van der Waals surface area contributed by atoms with Gasteiger partial charge in [-0.05, 0) is 18.1 Å². The first-order valence-electron chi connectivity index (χ1n) is 8.59. The number of nitrogens with zero attached hydrogens (tertiary/aromatic N) is 5. The maximum Gasteiger partial charge on any atom is 0.151 e. The Bertz CT molecular complexity index is 859. The molecule has 6 heteroatoms. The van der Waals surface area contributed by atoms with E-state index in [1.807, 2.05) is 24.4 Å². The third-order valence-corrected chi connectivity index (χ3v) is 4.26. The van der Waals surface area contributed by atoms with Gasteiger partial charge in [-0.2, -0.15) is 0 Å². The van der Waals surface area contributed by atoms with Gasteiger partial charge in [-0.3, -0.25) is 9.88 Å². The van der Waals surface area contributed by atoms with E-state index in [-0.39, 0.29) is 0 Å². The summed E-state index contributed by atoms with van der Waals surface area (Å²) in [6.45, 7) is 6.76. The molecule has 0 atom stereocenters. The van der Waals surface area contributed by atoms with Crippen LogP contribution in [0.5, 0.6) is 0 Å². The first-order valence-corrected chi connectivity index (χ1v) is 8.59. The minimum absolute atomic E-state index is 0.565. The van der Waals surface area contributed by atoms with Gasteiger partial charge in [0.15, 0.2) is 5.76 Å². The molecule has 0 spiro atoms. The molecule has 128 valence electrons. The molecule has 3 aromatic heterocycles. The van der Waals surface area contributed by atoms with Crippen LogP contribution in [0.2, 0.25) is 0 Å². The number of aromatic nitrogens is 4. The average Bonchev–Trinajstić information content (AvgIpc) is 3.21. The Morgan fingerprint density at radius 3 is 2.96 bits per heavy atom. The van der Waals surface area contributed by atoms with Crippen molar-refractivity contribution < 1.29 is 4.52 Å². The Hall–Kier alpha value is -2.60. The van der Waals surface area contributed by atoms with Crippen molar-refractivity contribution in [2.45, 2.75) is 39.9 Å². The summed E-state index contributed by atoms with van der Waals surface area (Å²) in [4.78, 5) is 15.6. The second kappa shape index (κ2) is 6.72. The highest BCUT2D eigenvalue weighted by molar-refractivity contribution is 5.57. The van der Waals surface area contributed by atoms with Crippen LogP contribution >= 0.6 is 0 Å². The van der Waals surface area contributed by atoms with E-state index < -0.39 is 0 Å². The van der Waals surface area contributed by atoms with Gasteiger partial charge in [0.1, 0.15) is 11.5 Å². The zero-order chi connectivity index (χ0) is 17.2. The minimum Gasteiger partial charge on any atom is -0.359 e. The molecule has 25 heavy (non-hydrogen) atoms. The predicted molar refractivity (Wildman–Crippen MR) is 93.3 cm³/mol. The fourth-order valence-corrected chi connectivity index (χ4v) is 3.09. The molecule has 0 saturated carbocycles. The van der Waals surface area contributed by atoms with Gasteiger partial charge >= 0.3 is 0 Å². The molecule has 3 aromatic rings. The molecule has 0 fully saturated rings. The Kier molecular flexibility index (Phi) is 4.28. The smallest absolute Gasteiger partial charge is 0.151 e. The van der Waals surface area contributed by atoms with Crippen LogP contribution in [0.25, 0.3) is 11.3 Å². The lowest BCUT2D eigenvalue weighted by atomic mass is 10.1. The first kappa shape index (κ1) is 15.9. The van der Waals surface area contributed by atoms with Crippen LogP contribution in [0, 0.1) is 5.92 Å². The lowest BCUT2D eigenvalue weighted by Crippen LogP contribution is -2.15. The van der Waals surface area contributed by atoms with Crippen LogP contribution in [-0.4, -0.2) is 25.0 Å². The normalized spacial score (nSPS) is 14.2. The highest BCUT2D eigenvalue weighted by Gasteiger charge is 2.23. The van der Waals surface area contributed by atoms with Crippen LogP contribution in [0.1, 0.15) is 36.7 Å². The van der Waals surface area contributed by atoms with E-state index >= 15 is 0 Å². The molecule has 0 unspecified atom stereocenters. The molecule has 1 aliphatic heterocycles. The third kappa shape index (κ3) is 3.58. The Morgan fingerprint density at radius 2 is 2.16 bits per heavy atom. The van der Waals surface area contributed by atoms with Crippen LogP contribution in [-0.2, 0) is 26.1 Å². The summed E-state index contributed by atoms with van der Waals surface area (Å²) in [6, 6.07) is 5.86. The van der Waals surface area contributed by atoms with Crippen molar-refractivity contribution in [2.24, 2.45) is 5.92 Å². The van der Waals surface area contributed by atoms with Crippen molar-refractivity contribution in [1.82, 2.24) is 25.0 Å². The van der Waals surface area contributed by atoms with Gasteiger partial charge < -0.3 is 4.52 Å². The van der Waals surface area contributed by atoms with Crippen molar-refractivity contribution >= 4 is 0 Å². The van der Waals surface area contributed by atoms with Crippen molar-refractivity contribution in [3.05, 3.63) is 59.6 Å². The molecule has 4 heterocycles. The molecular weight excluding hydrogens is 314 g/mol. The molecule has 4 rings (SSSR count). The molecule has 6 nitrogen and oxygen atoms in total. The third-order valence-electron chi connectivity index (χ3n) is 4.26. The van der Waals surface area contributed by atoms with Gasteiger partial charge in [0.25, 0.3) is 0 Å². The highest BCUT2D eigenvalue weighted by atomic mass is 16.5. The van der Waals surface area contributed by atoms with Crippen LogP contribution in [0.4, 0.5) is 0 Å². The van der Waals surface area contributed by atoms with Crippen LogP contribution < -0.4 is 0 Å². The van der Waals surface area contributed by atoms with Crippen LogP contribution in [0.15, 0.2) is 41.3 Å². The molecule has 0 amide bonds. The summed E-state index contributed by atoms with van der Waals surface area (Å²) in [5.74, 6) is 2.35. The highest BCUT2D eigenvalue weighted by Crippen LogP contribution is 2.24. The molecule has 0 bridgehead atoms. The number of fused-ring (bicyclic) bond motifs is 1.